The van der Waals surface area contributed by atoms with Gasteiger partial charge in [0.2, 0.25) is 0 Å². The maximum Gasteiger partial charge on any atom is 0.300 e. The Morgan fingerprint density at radius 1 is 1.57 bits per heavy atom. The number of nitrogens with zero attached hydrogens (tertiary/aromatic N) is 1. The molecule has 0 bridgehead atoms. The van der Waals surface area contributed by atoms with Crippen molar-refractivity contribution in [1.82, 2.24) is 0 Å². The predicted molar refractivity (Wildman–Crippen MR) is 60.5 cm³/mol. The molecule has 2 rings (SSSR count). The Hall–Kier alpha value is -1.07. The quantitative estimate of drug-likeness (QED) is 0.459. The molecule has 1 aromatic carbocycles. The van der Waals surface area contributed by atoms with Crippen LogP contribution in [0.15, 0.2) is 22.4 Å². The third kappa shape index (κ3) is 1.29. The van der Waals surface area contributed by atoms with Gasteiger partial charge in [0.25, 0.3) is 5.69 Å². The van der Waals surface area contributed by atoms with Gasteiger partial charge in [0.05, 0.1) is 9.82 Å². The van der Waals surface area contributed by atoms with Gasteiger partial charge in [-0.05, 0) is 30.0 Å². The SMILES string of the molecule is Cc1cc(S)c([N+](=O)[O-])c2sccc12. The van der Waals surface area contributed by atoms with E-state index >= 15 is 0 Å². The molecule has 1 aromatic heterocycles. The topological polar surface area (TPSA) is 43.1 Å². The zero-order valence-corrected chi connectivity index (χ0v) is 9.06. The van der Waals surface area contributed by atoms with Gasteiger partial charge in [-0.25, -0.2) is 0 Å². The third-order valence-electron chi connectivity index (χ3n) is 2.08. The molecule has 0 aliphatic carbocycles. The van der Waals surface area contributed by atoms with Crippen LogP contribution in [0.4, 0.5) is 5.69 Å². The molecule has 72 valence electrons. The second kappa shape index (κ2) is 3.25. The normalized spacial score (nSPS) is 10.7. The van der Waals surface area contributed by atoms with E-state index in [1.807, 2.05) is 18.4 Å². The van der Waals surface area contributed by atoms with E-state index in [1.54, 1.807) is 6.07 Å². The first-order valence-corrected chi connectivity index (χ1v) is 5.28. The summed E-state index contributed by atoms with van der Waals surface area (Å²) in [6.45, 7) is 1.93. The van der Waals surface area contributed by atoms with Gasteiger partial charge in [0.15, 0.2) is 0 Å². The maximum absolute atomic E-state index is 10.8. The van der Waals surface area contributed by atoms with Crippen LogP contribution in [0.5, 0.6) is 0 Å². The molecule has 0 unspecified atom stereocenters. The van der Waals surface area contributed by atoms with Crippen molar-refractivity contribution in [1.29, 1.82) is 0 Å². The van der Waals surface area contributed by atoms with Gasteiger partial charge >= 0.3 is 0 Å². The summed E-state index contributed by atoms with van der Waals surface area (Å²) in [7, 11) is 0. The van der Waals surface area contributed by atoms with Crippen molar-refractivity contribution in [2.75, 3.05) is 0 Å². The van der Waals surface area contributed by atoms with Gasteiger partial charge in [-0.3, -0.25) is 10.1 Å². The lowest BCUT2D eigenvalue weighted by Gasteiger charge is -2.00. The summed E-state index contributed by atoms with van der Waals surface area (Å²) in [5.74, 6) is 0. The molecule has 0 fully saturated rings. The van der Waals surface area contributed by atoms with E-state index in [4.69, 9.17) is 0 Å². The Bertz CT molecular complexity index is 519. The first-order valence-electron chi connectivity index (χ1n) is 3.95. The molecule has 0 aliphatic rings. The lowest BCUT2D eigenvalue weighted by atomic mass is 10.1. The summed E-state index contributed by atoms with van der Waals surface area (Å²) in [4.78, 5) is 10.9. The first-order chi connectivity index (χ1) is 6.61. The van der Waals surface area contributed by atoms with Crippen LogP contribution in [0, 0.1) is 17.0 Å². The highest BCUT2D eigenvalue weighted by Gasteiger charge is 2.18. The Morgan fingerprint density at radius 2 is 2.29 bits per heavy atom. The van der Waals surface area contributed by atoms with Crippen molar-refractivity contribution in [3.63, 3.8) is 0 Å². The second-order valence-electron chi connectivity index (χ2n) is 2.98. The summed E-state index contributed by atoms with van der Waals surface area (Å²) < 4.78 is 0.708. The second-order valence-corrected chi connectivity index (χ2v) is 4.38. The molecule has 0 saturated carbocycles. The van der Waals surface area contributed by atoms with Crippen molar-refractivity contribution in [3.8, 4) is 0 Å². The summed E-state index contributed by atoms with van der Waals surface area (Å²) in [5, 5.41) is 13.6. The number of hydrogen-bond acceptors (Lipinski definition) is 4. The molecule has 3 nitrogen and oxygen atoms in total. The van der Waals surface area contributed by atoms with Crippen molar-refractivity contribution in [2.45, 2.75) is 11.8 Å². The van der Waals surface area contributed by atoms with Crippen LogP contribution in [0.25, 0.3) is 10.1 Å². The van der Waals surface area contributed by atoms with Gasteiger partial charge in [0.1, 0.15) is 4.70 Å². The summed E-state index contributed by atoms with van der Waals surface area (Å²) in [6.07, 6.45) is 0. The van der Waals surface area contributed by atoms with Crippen molar-refractivity contribution in [2.24, 2.45) is 0 Å². The summed E-state index contributed by atoms with van der Waals surface area (Å²) in [6, 6.07) is 3.63. The molecular formula is C9H7NO2S2. The molecule has 14 heavy (non-hydrogen) atoms. The minimum absolute atomic E-state index is 0.115. The Balaban J connectivity index is 2.93. The highest BCUT2D eigenvalue weighted by molar-refractivity contribution is 7.80. The van der Waals surface area contributed by atoms with Gasteiger partial charge < -0.3 is 0 Å². The number of nitro groups is 1. The van der Waals surface area contributed by atoms with Crippen LogP contribution in [0.2, 0.25) is 0 Å². The molecule has 0 N–H and O–H groups in total. The molecule has 0 spiro atoms. The fourth-order valence-corrected chi connectivity index (χ4v) is 2.90. The molecule has 0 aliphatic heterocycles. The zero-order chi connectivity index (χ0) is 10.3. The van der Waals surface area contributed by atoms with E-state index in [0.29, 0.717) is 9.60 Å². The van der Waals surface area contributed by atoms with Crippen LogP contribution in [0.3, 0.4) is 0 Å². The fourth-order valence-electron chi connectivity index (χ4n) is 1.45. The Morgan fingerprint density at radius 3 is 2.93 bits per heavy atom. The molecular weight excluding hydrogens is 218 g/mol. The van der Waals surface area contributed by atoms with Crippen LogP contribution >= 0.6 is 24.0 Å². The summed E-state index contributed by atoms with van der Waals surface area (Å²) >= 11 is 5.50. The number of hydrogen-bond donors (Lipinski definition) is 1. The Labute approximate surface area is 89.9 Å². The Kier molecular flexibility index (Phi) is 2.20. The number of thiophene rings is 1. The van der Waals surface area contributed by atoms with Crippen LogP contribution in [-0.2, 0) is 0 Å². The number of rotatable bonds is 1. The molecule has 0 radical (unpaired) electrons. The van der Waals surface area contributed by atoms with Crippen molar-refractivity contribution < 1.29 is 4.92 Å². The molecule has 5 heteroatoms. The van der Waals surface area contributed by atoms with E-state index in [0.717, 1.165) is 10.9 Å². The number of fused-ring (bicyclic) bond motifs is 1. The lowest BCUT2D eigenvalue weighted by Crippen LogP contribution is -1.90. The van der Waals surface area contributed by atoms with E-state index < -0.39 is 0 Å². The van der Waals surface area contributed by atoms with Crippen LogP contribution in [-0.4, -0.2) is 4.92 Å². The third-order valence-corrected chi connectivity index (χ3v) is 3.35. The maximum atomic E-state index is 10.8. The average Bonchev–Trinajstić information content (AvgIpc) is 2.51. The van der Waals surface area contributed by atoms with Gasteiger partial charge in [-0.2, -0.15) is 0 Å². The summed E-state index contributed by atoms with van der Waals surface area (Å²) in [5.41, 5.74) is 1.14. The van der Waals surface area contributed by atoms with Crippen molar-refractivity contribution in [3.05, 3.63) is 33.2 Å². The smallest absolute Gasteiger partial charge is 0.258 e. The average molecular weight is 225 g/mol. The molecule has 1 heterocycles. The number of benzene rings is 1. The fraction of sp³-hybridized carbons (Fsp3) is 0.111. The highest BCUT2D eigenvalue weighted by Crippen LogP contribution is 2.37. The van der Waals surface area contributed by atoms with E-state index in [-0.39, 0.29) is 10.6 Å². The zero-order valence-electron chi connectivity index (χ0n) is 7.35. The number of aryl methyl sites for hydroxylation is 1. The number of thiol groups is 1. The van der Waals surface area contributed by atoms with E-state index in [2.05, 4.69) is 12.6 Å². The van der Waals surface area contributed by atoms with E-state index in [1.165, 1.54) is 11.3 Å². The van der Waals surface area contributed by atoms with Crippen LogP contribution in [0.1, 0.15) is 5.56 Å². The number of nitro benzene ring substituents is 1. The largest absolute Gasteiger partial charge is 0.300 e. The molecule has 0 atom stereocenters. The van der Waals surface area contributed by atoms with E-state index in [9.17, 15) is 10.1 Å². The minimum atomic E-state index is -0.374. The molecule has 0 saturated heterocycles. The van der Waals surface area contributed by atoms with Crippen molar-refractivity contribution >= 4 is 39.7 Å². The van der Waals surface area contributed by atoms with Gasteiger partial charge in [0, 0.05) is 5.39 Å². The van der Waals surface area contributed by atoms with Gasteiger partial charge in [-0.15, -0.1) is 24.0 Å². The lowest BCUT2D eigenvalue weighted by molar-refractivity contribution is -0.385. The molecule has 2 aromatic rings. The predicted octanol–water partition coefficient (Wildman–Crippen LogP) is 3.41. The molecule has 0 amide bonds. The van der Waals surface area contributed by atoms with Crippen LogP contribution < -0.4 is 0 Å². The first kappa shape index (κ1) is 9.48. The van der Waals surface area contributed by atoms with Gasteiger partial charge in [-0.1, -0.05) is 0 Å². The standard InChI is InChI=1S/C9H7NO2S2/c1-5-4-7(13)8(10(11)12)9-6(5)2-3-14-9/h2-4,13H,1H3. The monoisotopic (exact) mass is 225 g/mol. The highest BCUT2D eigenvalue weighted by atomic mass is 32.1. The minimum Gasteiger partial charge on any atom is -0.258 e.